The molecule has 0 aromatic heterocycles. The van der Waals surface area contributed by atoms with Gasteiger partial charge in [0.25, 0.3) is 0 Å². The van der Waals surface area contributed by atoms with E-state index in [0.717, 1.165) is 30.4 Å². The molecule has 0 saturated carbocycles. The molecule has 0 saturated heterocycles. The largest absolute Gasteiger partial charge is 0.373 e. The standard InChI is InChI=1S/C26H34O6/c1-6-7-8-9-24(29-31-25(27)22-14-10-20(11-15-22)18(2)3)30-32-26(28)23-16-12-21(13-17-23)19(4)5/h10-19,24H,6-9H2,1-5H3. The Hall–Kier alpha value is -2.70. The highest BCUT2D eigenvalue weighted by molar-refractivity contribution is 5.89. The van der Waals surface area contributed by atoms with Crippen molar-refractivity contribution in [3.63, 3.8) is 0 Å². The van der Waals surface area contributed by atoms with Crippen LogP contribution in [0, 0.1) is 0 Å². The lowest BCUT2D eigenvalue weighted by atomic mass is 10.0. The highest BCUT2D eigenvalue weighted by atomic mass is 17.3. The molecular weight excluding hydrogens is 408 g/mol. The zero-order valence-electron chi connectivity index (χ0n) is 19.6. The van der Waals surface area contributed by atoms with E-state index in [1.54, 1.807) is 24.3 Å². The molecule has 6 nitrogen and oxygen atoms in total. The molecule has 0 atom stereocenters. The van der Waals surface area contributed by atoms with Crippen molar-refractivity contribution in [2.24, 2.45) is 0 Å². The second kappa shape index (κ2) is 13.0. The van der Waals surface area contributed by atoms with E-state index in [-0.39, 0.29) is 0 Å². The lowest BCUT2D eigenvalue weighted by Gasteiger charge is -2.15. The van der Waals surface area contributed by atoms with Crippen LogP contribution in [-0.2, 0) is 19.6 Å². The zero-order chi connectivity index (χ0) is 23.5. The first-order valence-electron chi connectivity index (χ1n) is 11.3. The first-order valence-corrected chi connectivity index (χ1v) is 11.3. The Labute approximate surface area is 190 Å². The molecule has 2 rings (SSSR count). The minimum atomic E-state index is -1.01. The molecule has 0 aliphatic rings. The third-order valence-electron chi connectivity index (χ3n) is 5.13. The third kappa shape index (κ3) is 8.09. The first-order chi connectivity index (χ1) is 15.3. The Morgan fingerprint density at radius 2 is 1.09 bits per heavy atom. The maximum Gasteiger partial charge on any atom is 0.373 e. The van der Waals surface area contributed by atoms with Crippen LogP contribution in [0.4, 0.5) is 0 Å². The Bertz CT molecular complexity index is 772. The average molecular weight is 443 g/mol. The van der Waals surface area contributed by atoms with Crippen molar-refractivity contribution in [2.45, 2.75) is 78.4 Å². The van der Waals surface area contributed by atoms with E-state index in [9.17, 15) is 9.59 Å². The van der Waals surface area contributed by atoms with Crippen molar-refractivity contribution in [2.75, 3.05) is 0 Å². The summed E-state index contributed by atoms with van der Waals surface area (Å²) in [6, 6.07) is 14.3. The molecule has 0 aliphatic carbocycles. The lowest BCUT2D eigenvalue weighted by Crippen LogP contribution is -2.22. The van der Waals surface area contributed by atoms with E-state index in [4.69, 9.17) is 19.6 Å². The minimum Gasteiger partial charge on any atom is -0.290 e. The number of benzene rings is 2. The van der Waals surface area contributed by atoms with Crippen LogP contribution in [0.2, 0.25) is 0 Å². The second-order valence-corrected chi connectivity index (χ2v) is 8.41. The molecule has 2 aromatic rings. The Morgan fingerprint density at radius 1 is 0.688 bits per heavy atom. The molecule has 2 aromatic carbocycles. The van der Waals surface area contributed by atoms with Crippen molar-refractivity contribution in [3.8, 4) is 0 Å². The zero-order valence-corrected chi connectivity index (χ0v) is 19.6. The van der Waals surface area contributed by atoms with Crippen molar-refractivity contribution in [3.05, 3.63) is 70.8 Å². The van der Waals surface area contributed by atoms with Crippen LogP contribution >= 0.6 is 0 Å². The maximum atomic E-state index is 12.3. The van der Waals surface area contributed by atoms with E-state index in [2.05, 4.69) is 34.6 Å². The molecule has 32 heavy (non-hydrogen) atoms. The van der Waals surface area contributed by atoms with Gasteiger partial charge in [-0.1, -0.05) is 71.7 Å². The summed E-state index contributed by atoms with van der Waals surface area (Å²) in [5.41, 5.74) is 2.97. The number of rotatable bonds is 12. The Balaban J connectivity index is 1.91. The molecule has 0 spiro atoms. The normalized spacial score (nSPS) is 11.2. The summed E-state index contributed by atoms with van der Waals surface area (Å²) in [4.78, 5) is 44.8. The average Bonchev–Trinajstić information content (AvgIpc) is 2.80. The molecule has 0 radical (unpaired) electrons. The monoisotopic (exact) mass is 442 g/mol. The highest BCUT2D eigenvalue weighted by Gasteiger charge is 2.19. The van der Waals surface area contributed by atoms with E-state index in [0.29, 0.717) is 29.4 Å². The van der Waals surface area contributed by atoms with Gasteiger partial charge in [0.2, 0.25) is 6.29 Å². The summed E-state index contributed by atoms with van der Waals surface area (Å²) in [6.07, 6.45) is 2.10. The van der Waals surface area contributed by atoms with Crippen LogP contribution < -0.4 is 0 Å². The summed E-state index contributed by atoms with van der Waals surface area (Å²) < 4.78 is 0. The van der Waals surface area contributed by atoms with Gasteiger partial charge in [-0.3, -0.25) is 9.78 Å². The van der Waals surface area contributed by atoms with Gasteiger partial charge in [0.15, 0.2) is 0 Å². The minimum absolute atomic E-state index is 0.365. The van der Waals surface area contributed by atoms with Crippen molar-refractivity contribution >= 4 is 11.9 Å². The molecule has 0 N–H and O–H groups in total. The summed E-state index contributed by atoms with van der Waals surface area (Å²) in [7, 11) is 0. The Morgan fingerprint density at radius 3 is 1.44 bits per heavy atom. The highest BCUT2D eigenvalue weighted by Crippen LogP contribution is 2.18. The molecule has 0 bridgehead atoms. The molecule has 174 valence electrons. The predicted octanol–water partition coefficient (Wildman–Crippen LogP) is 6.72. The molecule has 0 aliphatic heterocycles. The van der Waals surface area contributed by atoms with Crippen molar-refractivity contribution in [1.82, 2.24) is 0 Å². The fraction of sp³-hybridized carbons (Fsp3) is 0.462. The van der Waals surface area contributed by atoms with Gasteiger partial charge in [-0.05, 0) is 53.6 Å². The van der Waals surface area contributed by atoms with Crippen LogP contribution in [0.25, 0.3) is 0 Å². The van der Waals surface area contributed by atoms with E-state index in [1.807, 2.05) is 24.3 Å². The van der Waals surface area contributed by atoms with Crippen LogP contribution in [0.5, 0.6) is 0 Å². The van der Waals surface area contributed by atoms with Crippen molar-refractivity contribution < 1.29 is 29.1 Å². The lowest BCUT2D eigenvalue weighted by molar-refractivity contribution is -0.421. The van der Waals surface area contributed by atoms with Crippen LogP contribution in [-0.4, -0.2) is 18.2 Å². The summed E-state index contributed by atoms with van der Waals surface area (Å²) >= 11 is 0. The van der Waals surface area contributed by atoms with Gasteiger partial charge in [-0.25, -0.2) is 9.59 Å². The number of hydrogen-bond donors (Lipinski definition) is 0. The molecule has 0 heterocycles. The number of carbonyl (C=O) groups is 2. The molecule has 6 heteroatoms. The van der Waals surface area contributed by atoms with Gasteiger partial charge in [0, 0.05) is 6.42 Å². The van der Waals surface area contributed by atoms with E-state index in [1.165, 1.54) is 0 Å². The van der Waals surface area contributed by atoms with Gasteiger partial charge in [0.05, 0.1) is 11.1 Å². The van der Waals surface area contributed by atoms with Gasteiger partial charge in [0.1, 0.15) is 0 Å². The molecule has 0 amide bonds. The first kappa shape index (κ1) is 25.6. The van der Waals surface area contributed by atoms with E-state index < -0.39 is 18.2 Å². The Kier molecular flexibility index (Phi) is 10.4. The summed E-state index contributed by atoms with van der Waals surface area (Å²) in [6.45, 7) is 10.4. The third-order valence-corrected chi connectivity index (χ3v) is 5.13. The topological polar surface area (TPSA) is 71.1 Å². The van der Waals surface area contributed by atoms with Crippen LogP contribution in [0.3, 0.4) is 0 Å². The van der Waals surface area contributed by atoms with Crippen molar-refractivity contribution in [1.29, 1.82) is 0 Å². The molecule has 0 fully saturated rings. The number of carbonyl (C=O) groups excluding carboxylic acids is 2. The van der Waals surface area contributed by atoms with E-state index >= 15 is 0 Å². The van der Waals surface area contributed by atoms with Gasteiger partial charge in [-0.2, -0.15) is 0 Å². The maximum absolute atomic E-state index is 12.3. The SMILES string of the molecule is CCCCCC(OOC(=O)c1ccc(C(C)C)cc1)OOC(=O)c1ccc(C(C)C)cc1. The summed E-state index contributed by atoms with van der Waals surface area (Å²) in [5.74, 6) is -0.548. The fourth-order valence-electron chi connectivity index (χ4n) is 2.97. The van der Waals surface area contributed by atoms with Gasteiger partial charge < -0.3 is 0 Å². The van der Waals surface area contributed by atoms with Gasteiger partial charge in [-0.15, -0.1) is 9.78 Å². The number of hydrogen-bond acceptors (Lipinski definition) is 6. The van der Waals surface area contributed by atoms with Crippen LogP contribution in [0.1, 0.15) is 104 Å². The van der Waals surface area contributed by atoms with Gasteiger partial charge >= 0.3 is 11.9 Å². The second-order valence-electron chi connectivity index (χ2n) is 8.41. The van der Waals surface area contributed by atoms with Crippen LogP contribution in [0.15, 0.2) is 48.5 Å². The quantitative estimate of drug-likeness (QED) is 0.157. The smallest absolute Gasteiger partial charge is 0.290 e. The predicted molar refractivity (Wildman–Crippen MR) is 122 cm³/mol. The summed E-state index contributed by atoms with van der Waals surface area (Å²) in [5, 5.41) is 0. The molecule has 0 unspecified atom stereocenters. The number of unbranched alkanes of at least 4 members (excludes halogenated alkanes) is 2. The molecular formula is C26H34O6. The fourth-order valence-corrected chi connectivity index (χ4v) is 2.97.